The van der Waals surface area contributed by atoms with Crippen LogP contribution in [0.15, 0.2) is 6.07 Å². The third-order valence-corrected chi connectivity index (χ3v) is 1.14. The SMILES string of the molecule is Cl.Cn1nc(C(=O)O)cc1N. The second-order valence-corrected chi connectivity index (χ2v) is 1.88. The standard InChI is InChI=1S/C5H7N3O2.ClH/c1-8-4(6)2-3(7-8)5(9)10;/h2H,6H2,1H3,(H,9,10);1H. The molecule has 6 heteroatoms. The number of nitrogen functional groups attached to an aromatic ring is 1. The van der Waals surface area contributed by atoms with Crippen LogP contribution in [-0.2, 0) is 7.05 Å². The molecular weight excluding hydrogens is 170 g/mol. The second kappa shape index (κ2) is 3.25. The number of carboxylic acid groups (broad SMARTS) is 1. The van der Waals surface area contributed by atoms with Crippen LogP contribution in [0.25, 0.3) is 0 Å². The first kappa shape index (κ1) is 9.77. The Kier molecular flexibility index (Phi) is 2.88. The molecule has 0 aliphatic carbocycles. The van der Waals surface area contributed by atoms with Crippen molar-refractivity contribution in [2.24, 2.45) is 7.05 Å². The maximum atomic E-state index is 10.2. The molecule has 0 atom stereocenters. The molecule has 0 amide bonds. The first-order valence-electron chi connectivity index (χ1n) is 2.64. The molecular formula is C5H8ClN3O2. The molecule has 1 rings (SSSR count). The lowest BCUT2D eigenvalue weighted by molar-refractivity contribution is 0.0689. The Labute approximate surface area is 69.2 Å². The number of carboxylic acids is 1. The van der Waals surface area contributed by atoms with Crippen molar-refractivity contribution >= 4 is 24.2 Å². The largest absolute Gasteiger partial charge is 0.476 e. The monoisotopic (exact) mass is 177 g/mol. The molecule has 62 valence electrons. The van der Waals surface area contributed by atoms with E-state index in [1.807, 2.05) is 0 Å². The molecule has 0 saturated carbocycles. The number of aromatic carboxylic acids is 1. The van der Waals surface area contributed by atoms with Crippen LogP contribution < -0.4 is 5.73 Å². The number of aromatic nitrogens is 2. The normalized spacial score (nSPS) is 8.82. The zero-order valence-electron chi connectivity index (χ0n) is 5.81. The molecule has 0 bridgehead atoms. The van der Waals surface area contributed by atoms with Crippen molar-refractivity contribution in [1.82, 2.24) is 9.78 Å². The average molecular weight is 178 g/mol. The number of hydrogen-bond donors (Lipinski definition) is 2. The van der Waals surface area contributed by atoms with Gasteiger partial charge in [0.2, 0.25) is 0 Å². The summed E-state index contributed by atoms with van der Waals surface area (Å²) >= 11 is 0. The molecule has 0 aliphatic rings. The topological polar surface area (TPSA) is 81.1 Å². The van der Waals surface area contributed by atoms with Crippen LogP contribution in [0.5, 0.6) is 0 Å². The number of anilines is 1. The minimum absolute atomic E-state index is 0. The number of rotatable bonds is 1. The van der Waals surface area contributed by atoms with Crippen molar-refractivity contribution in [1.29, 1.82) is 0 Å². The molecule has 1 heterocycles. The molecule has 11 heavy (non-hydrogen) atoms. The highest BCUT2D eigenvalue weighted by atomic mass is 35.5. The van der Waals surface area contributed by atoms with Crippen LogP contribution >= 0.6 is 12.4 Å². The number of nitrogens with two attached hydrogens (primary N) is 1. The minimum Gasteiger partial charge on any atom is -0.476 e. The summed E-state index contributed by atoms with van der Waals surface area (Å²) in [6.45, 7) is 0. The number of nitrogens with zero attached hydrogens (tertiary/aromatic N) is 2. The fourth-order valence-electron chi connectivity index (χ4n) is 0.586. The summed E-state index contributed by atoms with van der Waals surface area (Å²) in [4.78, 5) is 10.2. The number of hydrogen-bond acceptors (Lipinski definition) is 3. The molecule has 3 N–H and O–H groups in total. The highest BCUT2D eigenvalue weighted by molar-refractivity contribution is 5.86. The number of halogens is 1. The maximum Gasteiger partial charge on any atom is 0.356 e. The van der Waals surface area contributed by atoms with Crippen LogP contribution in [-0.4, -0.2) is 20.9 Å². The van der Waals surface area contributed by atoms with Crippen LogP contribution in [0.4, 0.5) is 5.82 Å². The quantitative estimate of drug-likeness (QED) is 0.639. The van der Waals surface area contributed by atoms with Gasteiger partial charge < -0.3 is 10.8 Å². The molecule has 0 saturated heterocycles. The summed E-state index contributed by atoms with van der Waals surface area (Å²) in [6, 6.07) is 1.31. The Hall–Kier alpha value is -1.23. The van der Waals surface area contributed by atoms with E-state index in [0.717, 1.165) is 0 Å². The Morgan fingerprint density at radius 1 is 1.82 bits per heavy atom. The van der Waals surface area contributed by atoms with Crippen LogP contribution in [0.3, 0.4) is 0 Å². The van der Waals surface area contributed by atoms with Gasteiger partial charge in [-0.2, -0.15) is 5.10 Å². The molecule has 0 aliphatic heterocycles. The zero-order chi connectivity index (χ0) is 7.72. The third kappa shape index (κ3) is 1.84. The van der Waals surface area contributed by atoms with Crippen molar-refractivity contribution in [3.63, 3.8) is 0 Å². The van der Waals surface area contributed by atoms with E-state index >= 15 is 0 Å². The van der Waals surface area contributed by atoms with Crippen molar-refractivity contribution in [2.45, 2.75) is 0 Å². The van der Waals surface area contributed by atoms with Gasteiger partial charge in [-0.1, -0.05) is 0 Å². The predicted octanol–water partition coefficient (Wildman–Crippen LogP) is 0.122. The van der Waals surface area contributed by atoms with E-state index in [4.69, 9.17) is 10.8 Å². The summed E-state index contributed by atoms with van der Waals surface area (Å²) in [6.07, 6.45) is 0. The Balaban J connectivity index is 0.000001000. The zero-order valence-corrected chi connectivity index (χ0v) is 6.63. The highest BCUT2D eigenvalue weighted by Crippen LogP contribution is 2.02. The lowest BCUT2D eigenvalue weighted by Gasteiger charge is -1.87. The van der Waals surface area contributed by atoms with E-state index in [1.165, 1.54) is 10.7 Å². The van der Waals surface area contributed by atoms with Crippen molar-refractivity contribution < 1.29 is 9.90 Å². The van der Waals surface area contributed by atoms with Crippen molar-refractivity contribution in [3.05, 3.63) is 11.8 Å². The van der Waals surface area contributed by atoms with Gasteiger partial charge >= 0.3 is 5.97 Å². The molecule has 5 nitrogen and oxygen atoms in total. The van der Waals surface area contributed by atoms with Gasteiger partial charge in [-0.25, -0.2) is 4.79 Å². The van der Waals surface area contributed by atoms with Gasteiger partial charge in [0.05, 0.1) is 0 Å². The molecule has 0 fully saturated rings. The third-order valence-electron chi connectivity index (χ3n) is 1.14. The Morgan fingerprint density at radius 3 is 2.55 bits per heavy atom. The van der Waals surface area contributed by atoms with Gasteiger partial charge in [0.1, 0.15) is 5.82 Å². The molecule has 0 unspecified atom stereocenters. The summed E-state index contributed by atoms with van der Waals surface area (Å²) in [7, 11) is 1.59. The van der Waals surface area contributed by atoms with Gasteiger partial charge in [0.15, 0.2) is 5.69 Å². The summed E-state index contributed by atoms with van der Waals surface area (Å²) in [5.74, 6) is -0.718. The van der Waals surface area contributed by atoms with E-state index < -0.39 is 5.97 Å². The van der Waals surface area contributed by atoms with Gasteiger partial charge in [-0.15, -0.1) is 12.4 Å². The molecule has 1 aromatic rings. The highest BCUT2D eigenvalue weighted by Gasteiger charge is 2.07. The fraction of sp³-hybridized carbons (Fsp3) is 0.200. The summed E-state index contributed by atoms with van der Waals surface area (Å²) < 4.78 is 1.31. The molecule has 1 aromatic heterocycles. The van der Waals surface area contributed by atoms with E-state index in [1.54, 1.807) is 7.05 Å². The Morgan fingerprint density at radius 2 is 2.36 bits per heavy atom. The first-order valence-corrected chi connectivity index (χ1v) is 2.64. The van der Waals surface area contributed by atoms with Crippen molar-refractivity contribution in [3.8, 4) is 0 Å². The number of carbonyl (C=O) groups is 1. The summed E-state index contributed by atoms with van der Waals surface area (Å²) in [5, 5.41) is 12.0. The lowest BCUT2D eigenvalue weighted by atomic mass is 10.4. The van der Waals surface area contributed by atoms with Gasteiger partial charge in [-0.05, 0) is 0 Å². The van der Waals surface area contributed by atoms with Crippen molar-refractivity contribution in [2.75, 3.05) is 5.73 Å². The predicted molar refractivity (Wildman–Crippen MR) is 41.8 cm³/mol. The number of aryl methyl sites for hydroxylation is 1. The molecule has 0 aromatic carbocycles. The van der Waals surface area contributed by atoms with Crippen LogP contribution in [0, 0.1) is 0 Å². The average Bonchev–Trinajstić information content (AvgIpc) is 2.13. The maximum absolute atomic E-state index is 10.2. The minimum atomic E-state index is -1.06. The van der Waals surface area contributed by atoms with Gasteiger partial charge in [0.25, 0.3) is 0 Å². The molecule has 0 spiro atoms. The van der Waals surface area contributed by atoms with E-state index in [-0.39, 0.29) is 18.1 Å². The fourth-order valence-corrected chi connectivity index (χ4v) is 0.586. The first-order chi connectivity index (χ1) is 4.61. The van der Waals surface area contributed by atoms with E-state index in [0.29, 0.717) is 5.82 Å². The van der Waals surface area contributed by atoms with Crippen LogP contribution in [0.2, 0.25) is 0 Å². The van der Waals surface area contributed by atoms with E-state index in [9.17, 15) is 4.79 Å². The molecule has 0 radical (unpaired) electrons. The van der Waals surface area contributed by atoms with Gasteiger partial charge in [-0.3, -0.25) is 4.68 Å². The summed E-state index contributed by atoms with van der Waals surface area (Å²) in [5.41, 5.74) is 5.29. The smallest absolute Gasteiger partial charge is 0.356 e. The second-order valence-electron chi connectivity index (χ2n) is 1.88. The van der Waals surface area contributed by atoms with Crippen LogP contribution in [0.1, 0.15) is 10.5 Å². The Bertz CT molecular complexity index is 251. The van der Waals surface area contributed by atoms with Gasteiger partial charge in [0, 0.05) is 13.1 Å². The van der Waals surface area contributed by atoms with E-state index in [2.05, 4.69) is 5.10 Å². The lowest BCUT2D eigenvalue weighted by Crippen LogP contribution is -1.99.